The molecule has 0 spiro atoms. The van der Waals surface area contributed by atoms with E-state index in [9.17, 15) is 9.18 Å². The zero-order valence-electron chi connectivity index (χ0n) is 20.5. The quantitative estimate of drug-likeness (QED) is 0.221. The molecule has 2 atom stereocenters. The highest BCUT2D eigenvalue weighted by Crippen LogP contribution is 2.33. The molecule has 38 heavy (non-hydrogen) atoms. The highest BCUT2D eigenvalue weighted by atomic mass is 35.5. The summed E-state index contributed by atoms with van der Waals surface area (Å²) in [6, 6.07) is 13.5. The number of nitrogens with one attached hydrogen (secondary N) is 2. The molecule has 1 aliphatic rings. The van der Waals surface area contributed by atoms with E-state index in [1.165, 1.54) is 29.8 Å². The number of aromatic nitrogens is 2. The van der Waals surface area contributed by atoms with Crippen LogP contribution in [0.5, 0.6) is 5.75 Å². The van der Waals surface area contributed by atoms with Crippen LogP contribution in [0.4, 0.5) is 15.9 Å². The van der Waals surface area contributed by atoms with Crippen LogP contribution < -0.4 is 15.4 Å². The molecule has 0 saturated carbocycles. The van der Waals surface area contributed by atoms with E-state index in [1.54, 1.807) is 31.2 Å². The Labute approximate surface area is 228 Å². The Hall–Kier alpha value is -3.71. The van der Waals surface area contributed by atoms with E-state index in [-0.39, 0.29) is 30.5 Å². The second-order valence-corrected chi connectivity index (χ2v) is 10.1. The third-order valence-electron chi connectivity index (χ3n) is 5.84. The third kappa shape index (κ3) is 6.40. The van der Waals surface area contributed by atoms with E-state index >= 15 is 0 Å². The Balaban J connectivity index is 1.25. The Morgan fingerprint density at radius 3 is 2.97 bits per heavy atom. The summed E-state index contributed by atoms with van der Waals surface area (Å²) >= 11 is 7.94. The maximum Gasteiger partial charge on any atom is 0.305 e. The van der Waals surface area contributed by atoms with Gasteiger partial charge in [0, 0.05) is 25.1 Å². The fourth-order valence-corrected chi connectivity index (χ4v) is 5.11. The van der Waals surface area contributed by atoms with Crippen molar-refractivity contribution in [3.05, 3.63) is 76.1 Å². The molecular formula is C28H24ClFN4O3S. The van der Waals surface area contributed by atoms with Crippen LogP contribution in [-0.2, 0) is 16.1 Å². The van der Waals surface area contributed by atoms with Gasteiger partial charge in [0.25, 0.3) is 0 Å². The van der Waals surface area contributed by atoms with E-state index in [2.05, 4.69) is 32.4 Å². The molecule has 5 rings (SSSR count). The predicted octanol–water partition coefficient (Wildman–Crippen LogP) is 5.84. The van der Waals surface area contributed by atoms with Crippen LogP contribution in [0.1, 0.15) is 30.2 Å². The van der Waals surface area contributed by atoms with Crippen molar-refractivity contribution in [2.24, 2.45) is 0 Å². The lowest BCUT2D eigenvalue weighted by Crippen LogP contribution is -2.21. The minimum absolute atomic E-state index is 0.0395. The summed E-state index contributed by atoms with van der Waals surface area (Å²) in [5.41, 5.74) is 2.23. The van der Waals surface area contributed by atoms with Crippen molar-refractivity contribution in [3.63, 3.8) is 0 Å². The summed E-state index contributed by atoms with van der Waals surface area (Å²) < 4.78 is 25.4. The van der Waals surface area contributed by atoms with E-state index in [0.29, 0.717) is 41.5 Å². The lowest BCUT2D eigenvalue weighted by atomic mass is 10.2. The lowest BCUT2D eigenvalue weighted by Gasteiger charge is -2.11. The molecule has 194 valence electrons. The van der Waals surface area contributed by atoms with Crippen LogP contribution in [0.25, 0.3) is 10.2 Å². The van der Waals surface area contributed by atoms with Crippen LogP contribution in [0.15, 0.2) is 54.9 Å². The molecule has 0 amide bonds. The Bertz CT molecular complexity index is 1530. The molecule has 2 aromatic carbocycles. The van der Waals surface area contributed by atoms with E-state index in [4.69, 9.17) is 21.1 Å². The van der Waals surface area contributed by atoms with E-state index < -0.39 is 0 Å². The van der Waals surface area contributed by atoms with Gasteiger partial charge in [0.2, 0.25) is 0 Å². The molecule has 7 nitrogen and oxygen atoms in total. The molecule has 0 bridgehead atoms. The topological polar surface area (TPSA) is 85.4 Å². The lowest BCUT2D eigenvalue weighted by molar-refractivity contribution is -0.147. The van der Waals surface area contributed by atoms with Crippen LogP contribution in [-0.4, -0.2) is 34.6 Å². The molecule has 10 heteroatoms. The van der Waals surface area contributed by atoms with Crippen LogP contribution >= 0.6 is 22.9 Å². The van der Waals surface area contributed by atoms with Gasteiger partial charge < -0.3 is 14.8 Å². The monoisotopic (exact) mass is 550 g/mol. The number of ether oxygens (including phenoxy) is 2. The number of carbonyl (C=O) groups is 1. The molecule has 0 aliphatic carbocycles. The smallest absolute Gasteiger partial charge is 0.305 e. The van der Waals surface area contributed by atoms with E-state index in [0.717, 1.165) is 20.8 Å². The highest BCUT2D eigenvalue weighted by Gasteiger charge is 2.25. The molecule has 1 fully saturated rings. The van der Waals surface area contributed by atoms with Gasteiger partial charge in [0.05, 0.1) is 26.2 Å². The molecule has 3 heterocycles. The summed E-state index contributed by atoms with van der Waals surface area (Å²) in [5, 5.41) is 7.00. The molecule has 2 unspecified atom stereocenters. The first kappa shape index (κ1) is 25.9. The average molecular weight is 551 g/mol. The SMILES string of the molecule is CCC(=O)OC1CNC(C#Cc2cc3ncnc(Nc4ccc(OCc5cccc(F)c5)c(Cl)c4)c3s2)C1. The maximum absolute atomic E-state index is 13.4. The first-order chi connectivity index (χ1) is 18.5. The molecule has 1 aliphatic heterocycles. The number of benzene rings is 2. The summed E-state index contributed by atoms with van der Waals surface area (Å²) in [5.74, 6) is 7.07. The number of hydrogen-bond acceptors (Lipinski definition) is 8. The fraction of sp³-hybridized carbons (Fsp3) is 0.250. The van der Waals surface area contributed by atoms with Crippen LogP contribution in [0.2, 0.25) is 5.02 Å². The average Bonchev–Trinajstić information content (AvgIpc) is 3.54. The van der Waals surface area contributed by atoms with Gasteiger partial charge in [-0.25, -0.2) is 14.4 Å². The Morgan fingerprint density at radius 2 is 2.16 bits per heavy atom. The van der Waals surface area contributed by atoms with Gasteiger partial charge in [0.1, 0.15) is 30.6 Å². The summed E-state index contributed by atoms with van der Waals surface area (Å²) in [6.45, 7) is 2.59. The summed E-state index contributed by atoms with van der Waals surface area (Å²) in [6.07, 6.45) is 2.39. The number of carbonyl (C=O) groups excluding carboxylic acids is 1. The number of halogens is 2. The minimum Gasteiger partial charge on any atom is -0.487 e. The largest absolute Gasteiger partial charge is 0.487 e. The fourth-order valence-electron chi connectivity index (χ4n) is 3.96. The maximum atomic E-state index is 13.4. The molecule has 1 saturated heterocycles. The summed E-state index contributed by atoms with van der Waals surface area (Å²) in [4.78, 5) is 21.2. The van der Waals surface area contributed by atoms with Crippen LogP contribution in [0, 0.1) is 17.7 Å². The number of fused-ring (bicyclic) bond motifs is 1. The van der Waals surface area contributed by atoms with Gasteiger partial charge in [0.15, 0.2) is 5.82 Å². The van der Waals surface area contributed by atoms with Crippen molar-refractivity contribution in [2.75, 3.05) is 11.9 Å². The number of rotatable bonds is 7. The van der Waals surface area contributed by atoms with Crippen molar-refractivity contribution in [1.29, 1.82) is 0 Å². The molecule has 2 N–H and O–H groups in total. The van der Waals surface area contributed by atoms with Crippen LogP contribution in [0.3, 0.4) is 0 Å². The van der Waals surface area contributed by atoms with Crippen molar-refractivity contribution in [1.82, 2.24) is 15.3 Å². The molecular weight excluding hydrogens is 527 g/mol. The molecule has 2 aromatic heterocycles. The number of nitrogens with zero attached hydrogens (tertiary/aromatic N) is 2. The zero-order chi connectivity index (χ0) is 26.5. The van der Waals surface area contributed by atoms with Crippen molar-refractivity contribution in [2.45, 2.75) is 38.5 Å². The number of esters is 1. The molecule has 0 radical (unpaired) electrons. The number of anilines is 2. The normalized spacial score (nSPS) is 16.6. The van der Waals surface area contributed by atoms with Gasteiger partial charge >= 0.3 is 5.97 Å². The minimum atomic E-state index is -0.311. The van der Waals surface area contributed by atoms with E-state index in [1.807, 2.05) is 12.1 Å². The van der Waals surface area contributed by atoms with Crippen molar-refractivity contribution >= 4 is 50.6 Å². The van der Waals surface area contributed by atoms with Gasteiger partial charge in [-0.05, 0) is 42.0 Å². The predicted molar refractivity (Wildman–Crippen MR) is 146 cm³/mol. The zero-order valence-corrected chi connectivity index (χ0v) is 22.0. The second kappa shape index (κ2) is 11.8. The highest BCUT2D eigenvalue weighted by molar-refractivity contribution is 7.20. The van der Waals surface area contributed by atoms with Crippen molar-refractivity contribution < 1.29 is 18.7 Å². The third-order valence-corrected chi connectivity index (χ3v) is 7.18. The number of thiophene rings is 1. The van der Waals surface area contributed by atoms with Crippen molar-refractivity contribution in [3.8, 4) is 17.6 Å². The standard InChI is InChI=1S/C28H24ClFN4O3S/c1-2-26(35)37-21-11-19(31-14-21)6-8-22-13-24-27(38-22)28(33-16-32-24)34-20-7-9-25(23(29)12-20)36-15-17-4-3-5-18(30)10-17/h3-5,7,9-10,12-13,16,19,21,31H,2,11,14-15H2,1H3,(H,32,33,34). The van der Waals surface area contributed by atoms with Gasteiger partial charge in [-0.3, -0.25) is 10.1 Å². The van der Waals surface area contributed by atoms with Gasteiger partial charge in [-0.1, -0.05) is 42.5 Å². The van der Waals surface area contributed by atoms with Gasteiger partial charge in [-0.2, -0.15) is 0 Å². The molecule has 4 aromatic rings. The Kier molecular flexibility index (Phi) is 8.03. The first-order valence-corrected chi connectivity index (χ1v) is 13.3. The second-order valence-electron chi connectivity index (χ2n) is 8.67. The first-order valence-electron chi connectivity index (χ1n) is 12.1. The Morgan fingerprint density at radius 1 is 1.26 bits per heavy atom. The summed E-state index contributed by atoms with van der Waals surface area (Å²) in [7, 11) is 0. The number of hydrogen-bond donors (Lipinski definition) is 2. The van der Waals surface area contributed by atoms with Gasteiger partial charge in [-0.15, -0.1) is 11.3 Å².